The number of aromatic nitrogens is 4. The highest BCUT2D eigenvalue weighted by atomic mass is 28.3. The van der Waals surface area contributed by atoms with Gasteiger partial charge in [-0.05, 0) is 48.2 Å². The van der Waals surface area contributed by atoms with Crippen LogP contribution in [-0.2, 0) is 29.7 Å². The van der Waals surface area contributed by atoms with E-state index in [0.29, 0.717) is 6.73 Å². The second-order valence-electron chi connectivity index (χ2n) is 10.7. The van der Waals surface area contributed by atoms with Gasteiger partial charge in [-0.25, -0.2) is 9.97 Å². The fraction of sp³-hybridized carbons (Fsp3) is 0.357. The van der Waals surface area contributed by atoms with Crippen LogP contribution in [-0.4, -0.2) is 47.5 Å². The average Bonchev–Trinajstić information content (AvgIpc) is 3.43. The summed E-state index contributed by atoms with van der Waals surface area (Å²) >= 11 is 0. The van der Waals surface area contributed by atoms with E-state index in [0.717, 1.165) is 53.6 Å². The Morgan fingerprint density at radius 1 is 1.03 bits per heavy atom. The van der Waals surface area contributed by atoms with Crippen molar-refractivity contribution in [1.82, 2.24) is 19.5 Å². The van der Waals surface area contributed by atoms with Crippen molar-refractivity contribution in [2.24, 2.45) is 4.99 Å². The molecule has 0 fully saturated rings. The summed E-state index contributed by atoms with van der Waals surface area (Å²) in [6, 6.07) is 18.1. The lowest BCUT2D eigenvalue weighted by atomic mass is 9.82. The molecule has 0 radical (unpaired) electrons. The van der Waals surface area contributed by atoms with Crippen molar-refractivity contribution in [2.75, 3.05) is 13.7 Å². The topological polar surface area (TPSA) is 65.2 Å². The normalized spacial score (nSPS) is 15.2. The number of rotatable bonds is 8. The third-order valence-corrected chi connectivity index (χ3v) is 8.50. The van der Waals surface area contributed by atoms with E-state index in [1.807, 2.05) is 23.9 Å². The monoisotopic (exact) mass is 483 g/mol. The van der Waals surface area contributed by atoms with Crippen molar-refractivity contribution < 1.29 is 4.74 Å². The number of pyridine rings is 1. The van der Waals surface area contributed by atoms with Crippen molar-refractivity contribution in [3.05, 3.63) is 77.9 Å². The zero-order chi connectivity index (χ0) is 24.5. The number of nitrogens with zero attached hydrogens (tertiary/aromatic N) is 5. The van der Waals surface area contributed by atoms with Gasteiger partial charge in [0.25, 0.3) is 0 Å². The molecule has 1 aromatic carbocycles. The fourth-order valence-electron chi connectivity index (χ4n) is 4.93. The Labute approximate surface area is 208 Å². The summed E-state index contributed by atoms with van der Waals surface area (Å²) in [7, 11) is 0.731. The number of hydrogen-bond acceptors (Lipinski definition) is 5. The maximum atomic E-state index is 5.97. The van der Waals surface area contributed by atoms with Gasteiger partial charge in [0, 0.05) is 39.5 Å². The van der Waals surface area contributed by atoms with Crippen LogP contribution in [0.3, 0.4) is 0 Å². The van der Waals surface area contributed by atoms with Crippen molar-refractivity contribution in [2.45, 2.75) is 50.7 Å². The molecule has 1 aliphatic carbocycles. The van der Waals surface area contributed by atoms with Gasteiger partial charge in [-0.15, -0.1) is 0 Å². The molecule has 0 amide bonds. The molecule has 0 aliphatic heterocycles. The van der Waals surface area contributed by atoms with Gasteiger partial charge in [0.05, 0.1) is 16.8 Å². The predicted octanol–water partition coefficient (Wildman–Crippen LogP) is 5.54. The number of fused-ring (bicyclic) bond motifs is 2. The number of ether oxygens (including phenoxy) is 1. The minimum atomic E-state index is -1.11. The molecule has 6 nitrogen and oxygen atoms in total. The van der Waals surface area contributed by atoms with Crippen molar-refractivity contribution in [1.29, 1.82) is 0 Å². The zero-order valence-corrected chi connectivity index (χ0v) is 22.0. The van der Waals surface area contributed by atoms with Crippen LogP contribution in [0.4, 0.5) is 0 Å². The molecule has 35 heavy (non-hydrogen) atoms. The van der Waals surface area contributed by atoms with Gasteiger partial charge in [-0.3, -0.25) is 9.98 Å². The largest absolute Gasteiger partial charge is 0.361 e. The third kappa shape index (κ3) is 4.83. The molecule has 5 rings (SSSR count). The average molecular weight is 484 g/mol. The molecule has 0 spiro atoms. The maximum absolute atomic E-state index is 5.97. The van der Waals surface area contributed by atoms with Crippen LogP contribution < -0.4 is 0 Å². The van der Waals surface area contributed by atoms with E-state index in [9.17, 15) is 0 Å². The highest BCUT2D eigenvalue weighted by Crippen LogP contribution is 2.38. The second-order valence-corrected chi connectivity index (χ2v) is 16.3. The van der Waals surface area contributed by atoms with Crippen molar-refractivity contribution in [3.63, 3.8) is 0 Å². The van der Waals surface area contributed by atoms with Crippen LogP contribution >= 0.6 is 0 Å². The molecule has 3 heterocycles. The van der Waals surface area contributed by atoms with Gasteiger partial charge in [-0.2, -0.15) is 0 Å². The summed E-state index contributed by atoms with van der Waals surface area (Å²) in [5, 5.41) is 0.985. The molecule has 180 valence electrons. The summed E-state index contributed by atoms with van der Waals surface area (Å²) in [6.45, 7) is 8.36. The second kappa shape index (κ2) is 9.47. The molecule has 0 saturated carbocycles. The van der Waals surface area contributed by atoms with E-state index in [1.165, 1.54) is 11.1 Å². The molecular weight excluding hydrogens is 450 g/mol. The van der Waals surface area contributed by atoms with Gasteiger partial charge in [-0.1, -0.05) is 50.0 Å². The Bertz CT molecular complexity index is 1350. The lowest BCUT2D eigenvalue weighted by Crippen LogP contribution is -2.30. The third-order valence-electron chi connectivity index (χ3n) is 6.79. The van der Waals surface area contributed by atoms with Crippen LogP contribution in [0.5, 0.6) is 0 Å². The number of aliphatic imine (C=N–C) groups is 1. The highest BCUT2D eigenvalue weighted by molar-refractivity contribution is 6.76. The van der Waals surface area contributed by atoms with Crippen LogP contribution in [0.25, 0.3) is 22.4 Å². The maximum Gasteiger partial charge on any atom is 0.145 e. The van der Waals surface area contributed by atoms with Gasteiger partial charge in [0.1, 0.15) is 24.4 Å². The van der Waals surface area contributed by atoms with Gasteiger partial charge in [0.15, 0.2) is 0 Å². The summed E-state index contributed by atoms with van der Waals surface area (Å²) in [6.07, 6.45) is 7.53. The zero-order valence-electron chi connectivity index (χ0n) is 21.0. The Hall–Kier alpha value is -3.16. The Morgan fingerprint density at radius 3 is 2.51 bits per heavy atom. The van der Waals surface area contributed by atoms with Crippen LogP contribution in [0, 0.1) is 0 Å². The summed E-state index contributed by atoms with van der Waals surface area (Å²) in [5.41, 5.74) is 6.09. The Kier molecular flexibility index (Phi) is 6.38. The first kappa shape index (κ1) is 23.6. The summed E-state index contributed by atoms with van der Waals surface area (Å²) in [5.74, 6) is 0. The molecular formula is C28H33N5OSi. The van der Waals surface area contributed by atoms with Crippen LogP contribution in [0.15, 0.2) is 66.0 Å². The predicted molar refractivity (Wildman–Crippen MR) is 145 cm³/mol. The van der Waals surface area contributed by atoms with Crippen LogP contribution in [0.1, 0.15) is 16.8 Å². The first-order valence-corrected chi connectivity index (χ1v) is 15.9. The summed E-state index contributed by atoms with van der Waals surface area (Å²) < 4.78 is 8.02. The molecule has 4 aromatic rings. The smallest absolute Gasteiger partial charge is 0.145 e. The first-order chi connectivity index (χ1) is 16.9. The van der Waals surface area contributed by atoms with E-state index in [1.54, 1.807) is 6.33 Å². The van der Waals surface area contributed by atoms with E-state index in [4.69, 9.17) is 9.72 Å². The Balaban J connectivity index is 1.45. The van der Waals surface area contributed by atoms with E-state index < -0.39 is 8.07 Å². The molecule has 0 N–H and O–H groups in total. The quantitative estimate of drug-likeness (QED) is 0.187. The van der Waals surface area contributed by atoms with E-state index in [2.05, 4.69) is 83.3 Å². The van der Waals surface area contributed by atoms with Crippen molar-refractivity contribution in [3.8, 4) is 11.4 Å². The van der Waals surface area contributed by atoms with Gasteiger partial charge in [0.2, 0.25) is 0 Å². The Morgan fingerprint density at radius 2 is 1.80 bits per heavy atom. The summed E-state index contributed by atoms with van der Waals surface area (Å²) in [4.78, 5) is 18.8. The first-order valence-electron chi connectivity index (χ1n) is 12.2. The fourth-order valence-corrected chi connectivity index (χ4v) is 5.68. The molecule has 0 bridgehead atoms. The SMILES string of the molecule is CN=CC1(c2cccc(-c3ncnc4c3ccn4COCC[Si](C)(C)C)n2)Cc2ccccc2C1. The standard InChI is InChI=1S/C28H33N5OSi/c1-29-18-28(16-21-8-5-6-9-22(21)17-28)25-11-7-10-24(32-25)26-23-12-13-33(27(23)31-19-30-26)20-34-14-15-35(2,3)4/h5-13,18-19H,14-17,20H2,1-4H3. The lowest BCUT2D eigenvalue weighted by molar-refractivity contribution is 0.0899. The van der Waals surface area contributed by atoms with Crippen LogP contribution in [0.2, 0.25) is 25.7 Å². The molecule has 0 atom stereocenters. The van der Waals surface area contributed by atoms with Gasteiger partial charge >= 0.3 is 0 Å². The molecule has 1 aliphatic rings. The van der Waals surface area contributed by atoms with Gasteiger partial charge < -0.3 is 9.30 Å². The molecule has 3 aromatic heterocycles. The highest BCUT2D eigenvalue weighted by Gasteiger charge is 2.38. The minimum Gasteiger partial charge on any atom is -0.361 e. The van der Waals surface area contributed by atoms with Crippen molar-refractivity contribution >= 4 is 25.3 Å². The minimum absolute atomic E-state index is 0.239. The van der Waals surface area contributed by atoms with E-state index in [-0.39, 0.29) is 5.41 Å². The number of hydrogen-bond donors (Lipinski definition) is 0. The molecule has 0 unspecified atom stereocenters. The number of benzene rings is 1. The molecule has 7 heteroatoms. The molecule has 0 saturated heterocycles. The van der Waals surface area contributed by atoms with E-state index >= 15 is 0 Å². The lowest BCUT2D eigenvalue weighted by Gasteiger charge is -2.24.